The number of urea groups is 1. The number of aromatic nitrogens is 3. The Bertz CT molecular complexity index is 1750. The van der Waals surface area contributed by atoms with Gasteiger partial charge in [0.2, 0.25) is 5.91 Å². The highest BCUT2D eigenvalue weighted by atomic mass is 35.5. The zero-order chi connectivity index (χ0) is 32.1. The molecule has 1 aromatic heterocycles. The second-order valence-electron chi connectivity index (χ2n) is 9.60. The maximum absolute atomic E-state index is 12.9. The first kappa shape index (κ1) is 31.8. The zero-order valence-corrected chi connectivity index (χ0v) is 25.3. The fourth-order valence-electron chi connectivity index (χ4n) is 4.28. The maximum Gasteiger partial charge on any atom is 0.573 e. The van der Waals surface area contributed by atoms with Crippen LogP contribution in [-0.2, 0) is 22.7 Å². The van der Waals surface area contributed by atoms with Crippen LogP contribution >= 0.6 is 23.4 Å². The lowest BCUT2D eigenvalue weighted by Gasteiger charge is -2.20. The van der Waals surface area contributed by atoms with Crippen molar-refractivity contribution in [3.05, 3.63) is 89.0 Å². The molecular weight excluding hydrogens is 635 g/mol. The maximum atomic E-state index is 12.9. The molecule has 0 radical (unpaired) electrons. The summed E-state index contributed by atoms with van der Waals surface area (Å²) in [5.74, 6) is 0.00997. The van der Waals surface area contributed by atoms with Crippen LogP contribution in [0.15, 0.2) is 72.0 Å². The van der Waals surface area contributed by atoms with E-state index in [0.717, 1.165) is 22.9 Å². The molecule has 11 nitrogen and oxygen atoms in total. The highest BCUT2D eigenvalue weighted by Gasteiger charge is 2.32. The van der Waals surface area contributed by atoms with Crippen molar-refractivity contribution >= 4 is 57.5 Å². The number of hydrogen-bond donors (Lipinski definition) is 2. The van der Waals surface area contributed by atoms with E-state index in [-0.39, 0.29) is 40.8 Å². The Hall–Kier alpha value is -4.60. The van der Waals surface area contributed by atoms with Crippen molar-refractivity contribution in [1.29, 1.82) is 0 Å². The van der Waals surface area contributed by atoms with Crippen LogP contribution in [0.3, 0.4) is 0 Å². The summed E-state index contributed by atoms with van der Waals surface area (Å²) in [5.41, 5.74) is 3.76. The van der Waals surface area contributed by atoms with Crippen LogP contribution in [0.25, 0.3) is 5.69 Å². The number of aryl methyl sites for hydroxylation is 1. The molecule has 5 rings (SSSR count). The number of carbonyl (C=O) groups excluding carboxylic acids is 2. The van der Waals surface area contributed by atoms with E-state index in [0.29, 0.717) is 28.6 Å². The van der Waals surface area contributed by atoms with Crippen molar-refractivity contribution in [2.75, 3.05) is 28.4 Å². The van der Waals surface area contributed by atoms with Crippen LogP contribution in [-0.4, -0.2) is 51.1 Å². The number of hydrogen-bond acceptors (Lipinski definition) is 8. The normalized spacial score (nSPS) is 14.2. The van der Waals surface area contributed by atoms with Crippen LogP contribution < -0.4 is 20.3 Å². The smallest absolute Gasteiger partial charge is 0.406 e. The molecule has 234 valence electrons. The van der Waals surface area contributed by atoms with Gasteiger partial charge in [0.15, 0.2) is 11.0 Å². The van der Waals surface area contributed by atoms with E-state index >= 15 is 0 Å². The number of methoxy groups -OCH3 is 1. The van der Waals surface area contributed by atoms with Crippen molar-refractivity contribution in [2.45, 2.75) is 26.4 Å². The highest BCUT2D eigenvalue weighted by Crippen LogP contribution is 2.32. The van der Waals surface area contributed by atoms with E-state index in [1.807, 2.05) is 25.1 Å². The summed E-state index contributed by atoms with van der Waals surface area (Å²) < 4.78 is 47.7. The fraction of sp³-hybridized carbons (Fsp3) is 0.207. The lowest BCUT2D eigenvalue weighted by atomic mass is 10.1. The zero-order valence-electron chi connectivity index (χ0n) is 23.8. The first-order chi connectivity index (χ1) is 21.5. The number of carbonyl (C=O) groups is 2. The molecular formula is C29H25ClF3N7O4S. The van der Waals surface area contributed by atoms with Gasteiger partial charge in [-0.15, -0.1) is 18.3 Å². The predicted molar refractivity (Wildman–Crippen MR) is 165 cm³/mol. The second-order valence-corrected chi connectivity index (χ2v) is 11.0. The van der Waals surface area contributed by atoms with Gasteiger partial charge in [0.1, 0.15) is 12.1 Å². The third-order valence-electron chi connectivity index (χ3n) is 6.28. The number of thioether (sulfide) groups is 1. The van der Waals surface area contributed by atoms with E-state index in [1.165, 1.54) is 40.2 Å². The number of nitrogens with one attached hydrogen (secondary N) is 2. The highest BCUT2D eigenvalue weighted by molar-refractivity contribution is 8.15. The quantitative estimate of drug-likeness (QED) is 0.207. The number of benzene rings is 3. The first-order valence-electron chi connectivity index (χ1n) is 13.2. The summed E-state index contributed by atoms with van der Waals surface area (Å²) in [6, 6.07) is 15.0. The van der Waals surface area contributed by atoms with Gasteiger partial charge in [-0.3, -0.25) is 9.69 Å². The number of aliphatic imine (C=N–C) groups is 1. The molecule has 0 atom stereocenters. The number of halogens is 4. The van der Waals surface area contributed by atoms with E-state index < -0.39 is 12.4 Å². The van der Waals surface area contributed by atoms with E-state index in [9.17, 15) is 22.8 Å². The largest absolute Gasteiger partial charge is 0.573 e. The van der Waals surface area contributed by atoms with Crippen LogP contribution in [0.2, 0.25) is 5.02 Å². The fourth-order valence-corrected chi connectivity index (χ4v) is 5.37. The number of rotatable bonds is 9. The third-order valence-corrected chi connectivity index (χ3v) is 7.52. The molecule has 3 aromatic carbocycles. The molecule has 2 heterocycles. The SMILES string of the molecule is COCc1ccc(C)cc1N1C(=O)CSC1=NC(=O)Nc1ccc(NCc2ncn(-c3ccc(OC(F)(F)F)cc3)n2)cc1Cl. The Labute approximate surface area is 264 Å². The number of anilines is 3. The average molecular weight is 660 g/mol. The van der Waals surface area contributed by atoms with Gasteiger partial charge < -0.3 is 20.1 Å². The van der Waals surface area contributed by atoms with Gasteiger partial charge in [-0.2, -0.15) is 4.99 Å². The van der Waals surface area contributed by atoms with Crippen molar-refractivity contribution in [3.8, 4) is 11.4 Å². The lowest BCUT2D eigenvalue weighted by molar-refractivity contribution is -0.274. The molecule has 1 aliphatic rings. The topological polar surface area (TPSA) is 123 Å². The van der Waals surface area contributed by atoms with Crippen molar-refractivity contribution in [3.63, 3.8) is 0 Å². The van der Waals surface area contributed by atoms with Gasteiger partial charge in [-0.25, -0.2) is 14.5 Å². The van der Waals surface area contributed by atoms with Crippen molar-refractivity contribution in [2.24, 2.45) is 4.99 Å². The average Bonchev–Trinajstić information content (AvgIpc) is 3.60. The van der Waals surface area contributed by atoms with Crippen LogP contribution in [0, 0.1) is 6.92 Å². The minimum Gasteiger partial charge on any atom is -0.406 e. The summed E-state index contributed by atoms with van der Waals surface area (Å²) in [6.07, 6.45) is -3.34. The second kappa shape index (κ2) is 13.6. The van der Waals surface area contributed by atoms with Gasteiger partial charge >= 0.3 is 12.4 Å². The Balaban J connectivity index is 1.21. The van der Waals surface area contributed by atoms with Crippen molar-refractivity contribution < 1.29 is 32.2 Å². The molecule has 0 spiro atoms. The molecule has 16 heteroatoms. The van der Waals surface area contributed by atoms with Gasteiger partial charge in [0, 0.05) is 18.4 Å². The summed E-state index contributed by atoms with van der Waals surface area (Å²) in [6.45, 7) is 2.41. The lowest BCUT2D eigenvalue weighted by Crippen LogP contribution is -2.31. The molecule has 4 aromatic rings. The Morgan fingerprint density at radius 2 is 1.91 bits per heavy atom. The van der Waals surface area contributed by atoms with Gasteiger partial charge in [-0.1, -0.05) is 35.5 Å². The Morgan fingerprint density at radius 1 is 1.13 bits per heavy atom. The standard InChI is InChI=1S/C29H25ClF3N7O4S/c1-17-3-4-18(14-43-2)24(11-17)40-26(41)15-45-28(40)37-27(42)36-23-10-5-19(12-22(23)30)34-13-25-35-16-39(38-25)20-6-8-21(9-7-20)44-29(31,32)33/h3-12,16,34H,13-15H2,1-2H3,(H,36,42). The number of alkyl halides is 3. The van der Waals surface area contributed by atoms with Gasteiger partial charge in [-0.05, 0) is 61.0 Å². The Kier molecular flexibility index (Phi) is 9.60. The first-order valence-corrected chi connectivity index (χ1v) is 14.6. The third kappa shape index (κ3) is 8.12. The van der Waals surface area contributed by atoms with E-state index in [2.05, 4.69) is 30.4 Å². The molecule has 0 aliphatic carbocycles. The monoisotopic (exact) mass is 659 g/mol. The summed E-state index contributed by atoms with van der Waals surface area (Å²) >= 11 is 7.59. The van der Waals surface area contributed by atoms with Crippen LogP contribution in [0.4, 0.5) is 35.0 Å². The molecule has 0 saturated carbocycles. The summed E-state index contributed by atoms with van der Waals surface area (Å²) in [7, 11) is 1.56. The number of nitrogens with zero attached hydrogens (tertiary/aromatic N) is 5. The molecule has 3 amide bonds. The molecule has 1 fully saturated rings. The molecule has 1 aliphatic heterocycles. The minimum absolute atomic E-state index is 0.143. The van der Waals surface area contributed by atoms with Crippen LogP contribution in [0.1, 0.15) is 17.0 Å². The summed E-state index contributed by atoms with van der Waals surface area (Å²) in [4.78, 5) is 35.4. The molecule has 1 saturated heterocycles. The molecule has 45 heavy (non-hydrogen) atoms. The number of amides is 3. The Morgan fingerprint density at radius 3 is 2.62 bits per heavy atom. The van der Waals surface area contributed by atoms with Crippen LogP contribution in [0.5, 0.6) is 5.75 Å². The van der Waals surface area contributed by atoms with E-state index in [1.54, 1.807) is 25.3 Å². The van der Waals surface area contributed by atoms with Crippen molar-refractivity contribution in [1.82, 2.24) is 14.8 Å². The minimum atomic E-state index is -4.77. The van der Waals surface area contributed by atoms with Gasteiger partial charge in [0.25, 0.3) is 0 Å². The number of amidine groups is 1. The van der Waals surface area contributed by atoms with E-state index in [4.69, 9.17) is 16.3 Å². The number of ether oxygens (including phenoxy) is 2. The molecule has 0 bridgehead atoms. The molecule has 0 unspecified atom stereocenters. The molecule has 2 N–H and O–H groups in total. The van der Waals surface area contributed by atoms with Gasteiger partial charge in [0.05, 0.1) is 41.0 Å². The summed E-state index contributed by atoms with van der Waals surface area (Å²) in [5, 5.41) is 10.6. The predicted octanol–water partition coefficient (Wildman–Crippen LogP) is 6.55.